The van der Waals surface area contributed by atoms with Crippen molar-refractivity contribution in [1.29, 1.82) is 0 Å². The van der Waals surface area contributed by atoms with E-state index in [1.54, 1.807) is 25.7 Å². The third kappa shape index (κ3) is 5.44. The van der Waals surface area contributed by atoms with Gasteiger partial charge < -0.3 is 20.1 Å². The summed E-state index contributed by atoms with van der Waals surface area (Å²) in [6.07, 6.45) is -3.91. The lowest BCUT2D eigenvalue weighted by Crippen LogP contribution is -2.44. The zero-order chi connectivity index (χ0) is 18.8. The summed E-state index contributed by atoms with van der Waals surface area (Å²) in [6.45, 7) is 6.32. The van der Waals surface area contributed by atoms with Gasteiger partial charge in [0, 0.05) is 25.9 Å². The lowest BCUT2D eigenvalue weighted by Gasteiger charge is -2.33. The van der Waals surface area contributed by atoms with Gasteiger partial charge in [0.2, 0.25) is 0 Å². The highest BCUT2D eigenvalue weighted by Crippen LogP contribution is 2.34. The molecular formula is C17H23F3N2O3. The van der Waals surface area contributed by atoms with Crippen molar-refractivity contribution in [3.8, 4) is 5.75 Å². The summed E-state index contributed by atoms with van der Waals surface area (Å²) in [6, 6.07) is 3.05. The highest BCUT2D eigenvalue weighted by molar-refractivity contribution is 5.68. The first-order chi connectivity index (χ1) is 11.5. The Morgan fingerprint density at radius 3 is 2.28 bits per heavy atom. The van der Waals surface area contributed by atoms with Crippen LogP contribution in [-0.4, -0.2) is 35.8 Å². The van der Waals surface area contributed by atoms with E-state index in [1.165, 1.54) is 6.07 Å². The van der Waals surface area contributed by atoms with E-state index in [0.717, 1.165) is 12.1 Å². The summed E-state index contributed by atoms with van der Waals surface area (Å²) in [5.74, 6) is 0.226. The molecule has 140 valence electrons. The Hall–Kier alpha value is -2.12. The van der Waals surface area contributed by atoms with Gasteiger partial charge in [0.05, 0.1) is 11.3 Å². The molecule has 0 bridgehead atoms. The van der Waals surface area contributed by atoms with E-state index in [4.69, 9.17) is 15.2 Å². The molecule has 2 rings (SSSR count). The van der Waals surface area contributed by atoms with Gasteiger partial charge in [0.1, 0.15) is 17.5 Å². The van der Waals surface area contributed by atoms with Crippen LogP contribution in [0.3, 0.4) is 0 Å². The van der Waals surface area contributed by atoms with Gasteiger partial charge in [-0.1, -0.05) is 0 Å². The van der Waals surface area contributed by atoms with Crippen molar-refractivity contribution in [2.75, 3.05) is 18.8 Å². The average molecular weight is 360 g/mol. The number of benzene rings is 1. The Kier molecular flexibility index (Phi) is 5.39. The molecule has 0 spiro atoms. The number of rotatable bonds is 2. The standard InChI is InChI=1S/C17H23F3N2O3/c1-16(2,3)25-15(23)22-8-6-12(7-9-22)24-14-5-4-11(10-13(14)21)17(18,19)20/h4-5,10,12H,6-9,21H2,1-3H3. The number of hydrogen-bond acceptors (Lipinski definition) is 4. The summed E-state index contributed by atoms with van der Waals surface area (Å²) in [7, 11) is 0. The fourth-order valence-electron chi connectivity index (χ4n) is 2.49. The van der Waals surface area contributed by atoms with Gasteiger partial charge in [-0.05, 0) is 39.0 Å². The molecule has 1 aromatic rings. The third-order valence-corrected chi connectivity index (χ3v) is 3.72. The van der Waals surface area contributed by atoms with Crippen molar-refractivity contribution in [1.82, 2.24) is 4.90 Å². The highest BCUT2D eigenvalue weighted by atomic mass is 19.4. The quantitative estimate of drug-likeness (QED) is 0.808. The minimum atomic E-state index is -4.44. The fraction of sp³-hybridized carbons (Fsp3) is 0.588. The summed E-state index contributed by atoms with van der Waals surface area (Å²) < 4.78 is 49.0. The molecule has 1 saturated heterocycles. The Balaban J connectivity index is 1.91. The van der Waals surface area contributed by atoms with E-state index in [1.807, 2.05) is 0 Å². The predicted molar refractivity (Wildman–Crippen MR) is 87.3 cm³/mol. The van der Waals surface area contributed by atoms with Gasteiger partial charge in [0.15, 0.2) is 0 Å². The van der Waals surface area contributed by atoms with Crippen LogP contribution in [0.15, 0.2) is 18.2 Å². The normalized spacial score (nSPS) is 16.6. The van der Waals surface area contributed by atoms with Crippen LogP contribution in [0.5, 0.6) is 5.75 Å². The number of carbonyl (C=O) groups excluding carboxylic acids is 1. The van der Waals surface area contributed by atoms with Crippen molar-refractivity contribution in [2.24, 2.45) is 0 Å². The number of halogens is 3. The molecule has 1 heterocycles. The molecule has 25 heavy (non-hydrogen) atoms. The monoisotopic (exact) mass is 360 g/mol. The smallest absolute Gasteiger partial charge is 0.416 e. The van der Waals surface area contributed by atoms with Crippen LogP contribution in [0.1, 0.15) is 39.2 Å². The second-order valence-corrected chi connectivity index (χ2v) is 7.03. The van der Waals surface area contributed by atoms with Gasteiger partial charge in [-0.15, -0.1) is 0 Å². The molecule has 1 amide bonds. The number of nitrogens with two attached hydrogens (primary N) is 1. The molecule has 1 fully saturated rings. The number of likely N-dealkylation sites (tertiary alicyclic amines) is 1. The molecule has 1 aliphatic heterocycles. The number of hydrogen-bond donors (Lipinski definition) is 1. The Labute approximate surface area is 144 Å². The van der Waals surface area contributed by atoms with Gasteiger partial charge in [-0.2, -0.15) is 13.2 Å². The van der Waals surface area contributed by atoms with Crippen LogP contribution in [0.2, 0.25) is 0 Å². The van der Waals surface area contributed by atoms with Crippen LogP contribution in [0.25, 0.3) is 0 Å². The molecule has 0 aromatic heterocycles. The first-order valence-corrected chi connectivity index (χ1v) is 8.07. The predicted octanol–water partition coefficient (Wildman–Crippen LogP) is 4.07. The number of nitrogens with zero attached hydrogens (tertiary/aromatic N) is 1. The maximum atomic E-state index is 12.6. The second-order valence-electron chi connectivity index (χ2n) is 7.03. The van der Waals surface area contributed by atoms with Crippen LogP contribution in [0, 0.1) is 0 Å². The van der Waals surface area contributed by atoms with Crippen molar-refractivity contribution in [3.63, 3.8) is 0 Å². The number of nitrogen functional groups attached to an aromatic ring is 1. The molecule has 5 nitrogen and oxygen atoms in total. The van der Waals surface area contributed by atoms with Crippen LogP contribution in [0.4, 0.5) is 23.7 Å². The van der Waals surface area contributed by atoms with E-state index in [0.29, 0.717) is 25.9 Å². The number of amides is 1. The maximum Gasteiger partial charge on any atom is 0.416 e. The van der Waals surface area contributed by atoms with Gasteiger partial charge in [-0.3, -0.25) is 0 Å². The van der Waals surface area contributed by atoms with Crippen molar-refractivity contribution in [2.45, 2.75) is 51.5 Å². The van der Waals surface area contributed by atoms with Crippen LogP contribution < -0.4 is 10.5 Å². The molecule has 0 saturated carbocycles. The van der Waals surface area contributed by atoms with Crippen molar-refractivity contribution < 1.29 is 27.4 Å². The SMILES string of the molecule is CC(C)(C)OC(=O)N1CCC(Oc2ccc(C(F)(F)F)cc2N)CC1. The maximum absolute atomic E-state index is 12.6. The number of anilines is 1. The molecule has 0 unspecified atom stereocenters. The first kappa shape index (κ1) is 19.2. The van der Waals surface area contributed by atoms with Crippen molar-refractivity contribution >= 4 is 11.8 Å². The average Bonchev–Trinajstić information content (AvgIpc) is 2.47. The van der Waals surface area contributed by atoms with E-state index >= 15 is 0 Å². The Bertz CT molecular complexity index is 619. The highest BCUT2D eigenvalue weighted by Gasteiger charge is 2.32. The lowest BCUT2D eigenvalue weighted by molar-refractivity contribution is -0.137. The topological polar surface area (TPSA) is 64.8 Å². The Morgan fingerprint density at radius 1 is 1.20 bits per heavy atom. The summed E-state index contributed by atoms with van der Waals surface area (Å²) >= 11 is 0. The molecule has 0 radical (unpaired) electrons. The number of ether oxygens (including phenoxy) is 2. The van der Waals surface area contributed by atoms with Crippen molar-refractivity contribution in [3.05, 3.63) is 23.8 Å². The number of alkyl halides is 3. The van der Waals surface area contributed by atoms with E-state index in [2.05, 4.69) is 0 Å². The zero-order valence-corrected chi connectivity index (χ0v) is 14.5. The van der Waals surface area contributed by atoms with Crippen LogP contribution in [-0.2, 0) is 10.9 Å². The molecule has 0 aliphatic carbocycles. The van der Waals surface area contributed by atoms with Gasteiger partial charge >= 0.3 is 12.3 Å². The summed E-state index contributed by atoms with van der Waals surface area (Å²) in [4.78, 5) is 13.6. The molecule has 8 heteroatoms. The largest absolute Gasteiger partial charge is 0.488 e. The fourth-order valence-corrected chi connectivity index (χ4v) is 2.49. The molecule has 1 aliphatic rings. The Morgan fingerprint density at radius 2 is 1.80 bits per heavy atom. The molecule has 1 aromatic carbocycles. The molecule has 2 N–H and O–H groups in total. The molecular weight excluding hydrogens is 337 g/mol. The zero-order valence-electron chi connectivity index (χ0n) is 14.5. The lowest BCUT2D eigenvalue weighted by atomic mass is 10.1. The minimum Gasteiger partial charge on any atom is -0.488 e. The summed E-state index contributed by atoms with van der Waals surface area (Å²) in [5, 5.41) is 0. The second kappa shape index (κ2) is 7.01. The molecule has 0 atom stereocenters. The van der Waals surface area contributed by atoms with E-state index < -0.39 is 17.3 Å². The van der Waals surface area contributed by atoms with E-state index in [-0.39, 0.29) is 23.6 Å². The third-order valence-electron chi connectivity index (χ3n) is 3.72. The van der Waals surface area contributed by atoms with Gasteiger partial charge in [-0.25, -0.2) is 4.79 Å². The first-order valence-electron chi connectivity index (χ1n) is 8.07. The minimum absolute atomic E-state index is 0.0515. The number of piperidine rings is 1. The number of carbonyl (C=O) groups is 1. The van der Waals surface area contributed by atoms with E-state index in [9.17, 15) is 18.0 Å². The van der Waals surface area contributed by atoms with Crippen LogP contribution >= 0.6 is 0 Å². The summed E-state index contributed by atoms with van der Waals surface area (Å²) in [5.41, 5.74) is 4.25. The van der Waals surface area contributed by atoms with Gasteiger partial charge in [0.25, 0.3) is 0 Å².